The SMILES string of the molecule is Cc1ccc2c(c1)N(C)CC(C1=NCCN1)O2. The van der Waals surface area contributed by atoms with E-state index >= 15 is 0 Å². The maximum Gasteiger partial charge on any atom is 0.173 e. The number of anilines is 1. The molecule has 0 radical (unpaired) electrons. The Morgan fingerprint density at radius 3 is 3.12 bits per heavy atom. The van der Waals surface area contributed by atoms with Gasteiger partial charge in [0.05, 0.1) is 18.8 Å². The van der Waals surface area contributed by atoms with Gasteiger partial charge in [-0.05, 0) is 24.6 Å². The maximum absolute atomic E-state index is 6.01. The van der Waals surface area contributed by atoms with Crippen LogP contribution in [-0.4, -0.2) is 38.6 Å². The van der Waals surface area contributed by atoms with Crippen LogP contribution in [0, 0.1) is 6.92 Å². The molecule has 0 saturated carbocycles. The summed E-state index contributed by atoms with van der Waals surface area (Å²) in [4.78, 5) is 6.67. The zero-order valence-corrected chi connectivity index (χ0v) is 10.2. The second-order valence-electron chi connectivity index (χ2n) is 4.65. The van der Waals surface area contributed by atoms with Crippen molar-refractivity contribution < 1.29 is 4.74 Å². The van der Waals surface area contributed by atoms with Gasteiger partial charge in [0.2, 0.25) is 0 Å². The molecule has 1 aromatic carbocycles. The van der Waals surface area contributed by atoms with Crippen LogP contribution in [0.3, 0.4) is 0 Å². The smallest absolute Gasteiger partial charge is 0.173 e. The van der Waals surface area contributed by atoms with Crippen molar-refractivity contribution in [1.29, 1.82) is 0 Å². The molecule has 3 rings (SSSR count). The van der Waals surface area contributed by atoms with Crippen LogP contribution in [0.15, 0.2) is 23.2 Å². The summed E-state index contributed by atoms with van der Waals surface area (Å²) >= 11 is 0. The molecule has 1 aromatic rings. The number of nitrogens with zero attached hydrogens (tertiary/aromatic N) is 2. The number of rotatable bonds is 1. The predicted octanol–water partition coefficient (Wildman–Crippen LogP) is 1.19. The number of hydrogen-bond donors (Lipinski definition) is 1. The molecular formula is C13H17N3O. The third-order valence-electron chi connectivity index (χ3n) is 3.24. The van der Waals surface area contributed by atoms with E-state index in [-0.39, 0.29) is 6.10 Å². The molecule has 90 valence electrons. The number of amidine groups is 1. The number of fused-ring (bicyclic) bond motifs is 1. The normalized spacial score (nSPS) is 22.6. The van der Waals surface area contributed by atoms with Crippen molar-refractivity contribution in [3.63, 3.8) is 0 Å². The molecule has 0 bridgehead atoms. The number of aliphatic imine (C=N–C) groups is 1. The molecule has 1 atom stereocenters. The van der Waals surface area contributed by atoms with E-state index in [1.807, 2.05) is 6.07 Å². The van der Waals surface area contributed by atoms with Crippen LogP contribution in [0.5, 0.6) is 5.75 Å². The van der Waals surface area contributed by atoms with Crippen molar-refractivity contribution in [3.05, 3.63) is 23.8 Å². The van der Waals surface area contributed by atoms with Crippen LogP contribution in [-0.2, 0) is 0 Å². The zero-order valence-electron chi connectivity index (χ0n) is 10.2. The average molecular weight is 231 g/mol. The van der Waals surface area contributed by atoms with Crippen molar-refractivity contribution in [2.24, 2.45) is 4.99 Å². The number of aryl methyl sites for hydroxylation is 1. The molecule has 0 saturated heterocycles. The molecule has 0 fully saturated rings. The van der Waals surface area contributed by atoms with Gasteiger partial charge in [-0.15, -0.1) is 0 Å². The molecule has 0 amide bonds. The Bertz CT molecular complexity index is 470. The Kier molecular flexibility index (Phi) is 2.42. The van der Waals surface area contributed by atoms with E-state index in [0.717, 1.165) is 31.2 Å². The third-order valence-corrected chi connectivity index (χ3v) is 3.24. The average Bonchev–Trinajstić information content (AvgIpc) is 2.83. The fraction of sp³-hybridized carbons (Fsp3) is 0.462. The van der Waals surface area contributed by atoms with E-state index in [1.54, 1.807) is 0 Å². The summed E-state index contributed by atoms with van der Waals surface area (Å²) in [6.07, 6.45) is 0.0395. The number of likely N-dealkylation sites (N-methyl/N-ethyl adjacent to an activating group) is 1. The molecule has 4 heteroatoms. The Morgan fingerprint density at radius 2 is 2.35 bits per heavy atom. The van der Waals surface area contributed by atoms with Gasteiger partial charge in [0.25, 0.3) is 0 Å². The van der Waals surface area contributed by atoms with Gasteiger partial charge in [0, 0.05) is 13.6 Å². The lowest BCUT2D eigenvalue weighted by Gasteiger charge is -2.34. The lowest BCUT2D eigenvalue weighted by Crippen LogP contribution is -2.46. The Balaban J connectivity index is 1.90. The lowest BCUT2D eigenvalue weighted by atomic mass is 10.1. The minimum absolute atomic E-state index is 0.0395. The van der Waals surface area contributed by atoms with Gasteiger partial charge in [-0.25, -0.2) is 0 Å². The van der Waals surface area contributed by atoms with Crippen LogP contribution in [0.2, 0.25) is 0 Å². The van der Waals surface area contributed by atoms with Gasteiger partial charge >= 0.3 is 0 Å². The quantitative estimate of drug-likeness (QED) is 0.789. The summed E-state index contributed by atoms with van der Waals surface area (Å²) in [5.74, 6) is 1.94. The number of ether oxygens (including phenoxy) is 1. The Morgan fingerprint density at radius 1 is 1.47 bits per heavy atom. The van der Waals surface area contributed by atoms with E-state index in [0.29, 0.717) is 0 Å². The second kappa shape index (κ2) is 3.95. The summed E-state index contributed by atoms with van der Waals surface area (Å²) in [5, 5.41) is 3.29. The van der Waals surface area contributed by atoms with Crippen LogP contribution >= 0.6 is 0 Å². The van der Waals surface area contributed by atoms with Crippen molar-refractivity contribution in [3.8, 4) is 5.75 Å². The molecular weight excluding hydrogens is 214 g/mol. The first-order valence-electron chi connectivity index (χ1n) is 6.01. The Hall–Kier alpha value is -1.71. The van der Waals surface area contributed by atoms with Gasteiger partial charge < -0.3 is 15.0 Å². The minimum atomic E-state index is 0.0395. The Labute approximate surface area is 101 Å². The highest BCUT2D eigenvalue weighted by Crippen LogP contribution is 2.33. The number of nitrogens with one attached hydrogen (secondary N) is 1. The summed E-state index contributed by atoms with van der Waals surface area (Å²) < 4.78 is 6.01. The highest BCUT2D eigenvalue weighted by atomic mass is 16.5. The molecule has 4 nitrogen and oxygen atoms in total. The monoisotopic (exact) mass is 231 g/mol. The minimum Gasteiger partial charge on any atom is -0.478 e. The first kappa shape index (κ1) is 10.4. The third kappa shape index (κ3) is 1.84. The van der Waals surface area contributed by atoms with Crippen molar-refractivity contribution in [1.82, 2.24) is 5.32 Å². The highest BCUT2D eigenvalue weighted by Gasteiger charge is 2.28. The van der Waals surface area contributed by atoms with Gasteiger partial charge in [-0.2, -0.15) is 0 Å². The summed E-state index contributed by atoms with van der Waals surface area (Å²) in [6, 6.07) is 6.29. The van der Waals surface area contributed by atoms with Crippen molar-refractivity contribution in [2.45, 2.75) is 13.0 Å². The molecule has 1 unspecified atom stereocenters. The molecule has 17 heavy (non-hydrogen) atoms. The summed E-state index contributed by atoms with van der Waals surface area (Å²) in [7, 11) is 2.10. The van der Waals surface area contributed by atoms with Gasteiger partial charge in [0.1, 0.15) is 11.6 Å². The van der Waals surface area contributed by atoms with Crippen LogP contribution < -0.4 is 15.0 Å². The predicted molar refractivity (Wildman–Crippen MR) is 69.2 cm³/mol. The van der Waals surface area contributed by atoms with Crippen LogP contribution in [0.25, 0.3) is 0 Å². The largest absolute Gasteiger partial charge is 0.478 e. The van der Waals surface area contributed by atoms with E-state index < -0.39 is 0 Å². The topological polar surface area (TPSA) is 36.9 Å². The van der Waals surface area contributed by atoms with E-state index in [1.165, 1.54) is 11.3 Å². The molecule has 2 aliphatic heterocycles. The van der Waals surface area contributed by atoms with Crippen LogP contribution in [0.1, 0.15) is 5.56 Å². The fourth-order valence-electron chi connectivity index (χ4n) is 2.34. The number of benzene rings is 1. The molecule has 1 N–H and O–H groups in total. The summed E-state index contributed by atoms with van der Waals surface area (Å²) in [6.45, 7) is 4.74. The highest BCUT2D eigenvalue weighted by molar-refractivity contribution is 5.89. The van der Waals surface area contributed by atoms with Gasteiger partial charge in [-0.3, -0.25) is 4.99 Å². The fourth-order valence-corrected chi connectivity index (χ4v) is 2.34. The van der Waals surface area contributed by atoms with Gasteiger partial charge in [-0.1, -0.05) is 6.07 Å². The maximum atomic E-state index is 6.01. The first-order valence-corrected chi connectivity index (χ1v) is 6.01. The molecule has 0 aliphatic carbocycles. The molecule has 0 aromatic heterocycles. The van der Waals surface area contributed by atoms with E-state index in [2.05, 4.69) is 41.3 Å². The zero-order chi connectivity index (χ0) is 11.8. The number of hydrogen-bond acceptors (Lipinski definition) is 4. The van der Waals surface area contributed by atoms with Crippen molar-refractivity contribution >= 4 is 11.5 Å². The van der Waals surface area contributed by atoms with Crippen LogP contribution in [0.4, 0.5) is 5.69 Å². The van der Waals surface area contributed by atoms with E-state index in [4.69, 9.17) is 4.74 Å². The van der Waals surface area contributed by atoms with E-state index in [9.17, 15) is 0 Å². The molecule has 2 heterocycles. The molecule has 0 spiro atoms. The van der Waals surface area contributed by atoms with Crippen molar-refractivity contribution in [2.75, 3.05) is 31.6 Å². The second-order valence-corrected chi connectivity index (χ2v) is 4.65. The first-order chi connectivity index (χ1) is 8.24. The van der Waals surface area contributed by atoms with Gasteiger partial charge in [0.15, 0.2) is 6.10 Å². The standard InChI is InChI=1S/C13H17N3O/c1-9-3-4-11-10(7-9)16(2)8-12(17-11)13-14-5-6-15-13/h3-4,7,12H,5-6,8H2,1-2H3,(H,14,15). The summed E-state index contributed by atoms with van der Waals surface area (Å²) in [5.41, 5.74) is 2.42. The molecule has 2 aliphatic rings. The lowest BCUT2D eigenvalue weighted by molar-refractivity contribution is 0.256.